The molecule has 2 aromatic rings. The average molecular weight is 459 g/mol. The first kappa shape index (κ1) is 22.4. The lowest BCUT2D eigenvalue weighted by molar-refractivity contribution is -0.148. The largest absolute Gasteiger partial charge is 0.452 e. The van der Waals surface area contributed by atoms with Crippen LogP contribution in [-0.4, -0.2) is 42.9 Å². The fraction of sp³-hybridized carbons (Fsp3) is 0.227. The summed E-state index contributed by atoms with van der Waals surface area (Å²) in [6.07, 6.45) is 2.85. The van der Waals surface area contributed by atoms with Crippen LogP contribution in [0.4, 0.5) is 5.69 Å². The van der Waals surface area contributed by atoms with Gasteiger partial charge in [0.15, 0.2) is 6.61 Å². The fourth-order valence-corrected chi connectivity index (χ4v) is 2.98. The van der Waals surface area contributed by atoms with E-state index in [2.05, 4.69) is 21.2 Å². The van der Waals surface area contributed by atoms with Gasteiger partial charge in [0.25, 0.3) is 5.91 Å². The Labute approximate surface area is 178 Å². The number of likely N-dealkylation sites (N-methyl/N-ethyl adjacent to an activating group) is 1. The molecule has 152 valence electrons. The Hall–Kier alpha value is -2.93. The summed E-state index contributed by atoms with van der Waals surface area (Å²) in [5.41, 5.74) is 3.45. The highest BCUT2D eigenvalue weighted by molar-refractivity contribution is 9.10. The van der Waals surface area contributed by atoms with Crippen LogP contribution in [0.5, 0.6) is 0 Å². The van der Waals surface area contributed by atoms with E-state index in [0.717, 1.165) is 26.9 Å². The lowest BCUT2D eigenvalue weighted by Gasteiger charge is -2.18. The van der Waals surface area contributed by atoms with Gasteiger partial charge < -0.3 is 15.0 Å². The second-order valence-corrected chi connectivity index (χ2v) is 7.48. The molecule has 0 saturated carbocycles. The minimum absolute atomic E-state index is 0.141. The standard InChI is InChI=1S/C22H23BrN2O4/c1-15-6-4-7-16(2)22(15)24-19(26)13-25(3)20(27)14-29-21(28)11-10-17-8-5-9-18(23)12-17/h4-12H,13-14H2,1-3H3,(H,24,26)/b11-10+. The SMILES string of the molecule is Cc1cccc(C)c1NC(=O)CN(C)C(=O)COC(=O)/C=C/c1cccc(Br)c1. The van der Waals surface area contributed by atoms with Crippen molar-refractivity contribution >= 4 is 45.5 Å². The number of halogens is 1. The first-order chi connectivity index (χ1) is 13.8. The van der Waals surface area contributed by atoms with Crippen molar-refractivity contribution < 1.29 is 19.1 Å². The third kappa shape index (κ3) is 7.19. The molecule has 2 aromatic carbocycles. The van der Waals surface area contributed by atoms with Crippen LogP contribution in [-0.2, 0) is 19.1 Å². The number of carbonyl (C=O) groups is 3. The van der Waals surface area contributed by atoms with Gasteiger partial charge in [-0.05, 0) is 48.7 Å². The maximum atomic E-state index is 12.2. The van der Waals surface area contributed by atoms with Crippen molar-refractivity contribution in [3.8, 4) is 0 Å². The zero-order valence-corrected chi connectivity index (χ0v) is 18.2. The van der Waals surface area contributed by atoms with Gasteiger partial charge in [0.2, 0.25) is 5.91 Å². The Morgan fingerprint density at radius 1 is 1.10 bits per heavy atom. The highest BCUT2D eigenvalue weighted by Crippen LogP contribution is 2.19. The number of rotatable bonds is 7. The predicted molar refractivity (Wildman–Crippen MR) is 116 cm³/mol. The van der Waals surface area contributed by atoms with Gasteiger partial charge in [-0.15, -0.1) is 0 Å². The number of ether oxygens (including phenoxy) is 1. The van der Waals surface area contributed by atoms with Crippen LogP contribution >= 0.6 is 15.9 Å². The minimum Gasteiger partial charge on any atom is -0.452 e. The number of benzene rings is 2. The van der Waals surface area contributed by atoms with Gasteiger partial charge in [0, 0.05) is 23.3 Å². The lowest BCUT2D eigenvalue weighted by Crippen LogP contribution is -2.37. The molecule has 0 fully saturated rings. The number of nitrogens with zero attached hydrogens (tertiary/aromatic N) is 1. The average Bonchev–Trinajstić information content (AvgIpc) is 2.67. The number of para-hydroxylation sites is 1. The molecule has 0 atom stereocenters. The summed E-state index contributed by atoms with van der Waals surface area (Å²) >= 11 is 3.35. The molecule has 0 radical (unpaired) electrons. The molecule has 0 bridgehead atoms. The predicted octanol–water partition coefficient (Wildman–Crippen LogP) is 3.72. The maximum Gasteiger partial charge on any atom is 0.331 e. The molecule has 0 saturated heterocycles. The number of esters is 1. The van der Waals surface area contributed by atoms with E-state index in [9.17, 15) is 14.4 Å². The Morgan fingerprint density at radius 3 is 2.41 bits per heavy atom. The topological polar surface area (TPSA) is 75.7 Å². The molecule has 0 heterocycles. The van der Waals surface area contributed by atoms with Crippen LogP contribution in [0.25, 0.3) is 6.08 Å². The third-order valence-corrected chi connectivity index (χ3v) is 4.64. The molecule has 29 heavy (non-hydrogen) atoms. The normalized spacial score (nSPS) is 10.6. The zero-order valence-electron chi connectivity index (χ0n) is 16.6. The van der Waals surface area contributed by atoms with E-state index in [1.807, 2.05) is 56.3 Å². The molecule has 6 nitrogen and oxygen atoms in total. The fourth-order valence-electron chi connectivity index (χ4n) is 2.56. The highest BCUT2D eigenvalue weighted by Gasteiger charge is 2.15. The molecule has 1 N–H and O–H groups in total. The van der Waals surface area contributed by atoms with E-state index in [-0.39, 0.29) is 12.5 Å². The van der Waals surface area contributed by atoms with E-state index in [1.54, 1.807) is 6.08 Å². The van der Waals surface area contributed by atoms with Crippen LogP contribution in [0.2, 0.25) is 0 Å². The zero-order chi connectivity index (χ0) is 21.4. The van der Waals surface area contributed by atoms with Gasteiger partial charge in [-0.1, -0.05) is 46.3 Å². The van der Waals surface area contributed by atoms with E-state index in [4.69, 9.17) is 4.74 Å². The molecular formula is C22H23BrN2O4. The van der Waals surface area contributed by atoms with Crippen LogP contribution < -0.4 is 5.32 Å². The van der Waals surface area contributed by atoms with Crippen molar-refractivity contribution in [3.63, 3.8) is 0 Å². The number of hydrogen-bond acceptors (Lipinski definition) is 4. The molecule has 0 aliphatic heterocycles. The highest BCUT2D eigenvalue weighted by atomic mass is 79.9. The van der Waals surface area contributed by atoms with Crippen molar-refractivity contribution in [3.05, 3.63) is 69.7 Å². The van der Waals surface area contributed by atoms with E-state index >= 15 is 0 Å². The van der Waals surface area contributed by atoms with Crippen LogP contribution in [0.15, 0.2) is 53.0 Å². The van der Waals surface area contributed by atoms with Crippen LogP contribution in [0, 0.1) is 13.8 Å². The smallest absolute Gasteiger partial charge is 0.331 e. The van der Waals surface area contributed by atoms with Gasteiger partial charge in [-0.3, -0.25) is 9.59 Å². The number of aryl methyl sites for hydroxylation is 2. The van der Waals surface area contributed by atoms with Gasteiger partial charge in [0.1, 0.15) is 0 Å². The lowest BCUT2D eigenvalue weighted by atomic mass is 10.1. The Kier molecular flexibility index (Phi) is 8.15. The first-order valence-electron chi connectivity index (χ1n) is 8.96. The van der Waals surface area contributed by atoms with E-state index in [0.29, 0.717) is 0 Å². The second-order valence-electron chi connectivity index (χ2n) is 6.56. The van der Waals surface area contributed by atoms with Crippen molar-refractivity contribution in [2.45, 2.75) is 13.8 Å². The monoisotopic (exact) mass is 458 g/mol. The molecule has 0 aliphatic carbocycles. The van der Waals surface area contributed by atoms with Gasteiger partial charge in [-0.25, -0.2) is 4.79 Å². The summed E-state index contributed by atoms with van der Waals surface area (Å²) in [6.45, 7) is 3.23. The Balaban J connectivity index is 1.81. The first-order valence-corrected chi connectivity index (χ1v) is 9.76. The summed E-state index contributed by atoms with van der Waals surface area (Å²) in [5, 5.41) is 2.82. The maximum absolute atomic E-state index is 12.2. The number of hydrogen-bond donors (Lipinski definition) is 1. The number of amides is 2. The Morgan fingerprint density at radius 2 is 1.76 bits per heavy atom. The summed E-state index contributed by atoms with van der Waals surface area (Å²) in [7, 11) is 1.48. The number of anilines is 1. The quantitative estimate of drug-likeness (QED) is 0.506. The minimum atomic E-state index is -0.633. The second kappa shape index (κ2) is 10.6. The van der Waals surface area contributed by atoms with Crippen LogP contribution in [0.3, 0.4) is 0 Å². The molecule has 2 rings (SSSR count). The summed E-state index contributed by atoms with van der Waals surface area (Å²) in [5.74, 6) is -1.42. The van der Waals surface area contributed by atoms with Crippen molar-refractivity contribution in [1.29, 1.82) is 0 Å². The van der Waals surface area contributed by atoms with Gasteiger partial charge >= 0.3 is 5.97 Å². The molecule has 0 spiro atoms. The van der Waals surface area contributed by atoms with Crippen LogP contribution in [0.1, 0.15) is 16.7 Å². The summed E-state index contributed by atoms with van der Waals surface area (Å²) in [6, 6.07) is 13.1. The van der Waals surface area contributed by atoms with E-state index < -0.39 is 18.5 Å². The molecule has 2 amide bonds. The van der Waals surface area contributed by atoms with E-state index in [1.165, 1.54) is 18.0 Å². The summed E-state index contributed by atoms with van der Waals surface area (Å²) < 4.78 is 5.85. The molecule has 0 unspecified atom stereocenters. The van der Waals surface area contributed by atoms with Crippen molar-refractivity contribution in [1.82, 2.24) is 4.90 Å². The number of nitrogens with one attached hydrogen (secondary N) is 1. The number of carbonyl (C=O) groups excluding carboxylic acids is 3. The molecule has 0 aromatic heterocycles. The molecule has 0 aliphatic rings. The molecular weight excluding hydrogens is 436 g/mol. The van der Waals surface area contributed by atoms with Gasteiger partial charge in [-0.2, -0.15) is 0 Å². The Bertz CT molecular complexity index is 920. The van der Waals surface area contributed by atoms with Crippen molar-refractivity contribution in [2.24, 2.45) is 0 Å². The summed E-state index contributed by atoms with van der Waals surface area (Å²) in [4.78, 5) is 37.4. The van der Waals surface area contributed by atoms with Crippen molar-refractivity contribution in [2.75, 3.05) is 25.5 Å². The molecule has 7 heteroatoms. The third-order valence-electron chi connectivity index (χ3n) is 4.15. The van der Waals surface area contributed by atoms with Gasteiger partial charge in [0.05, 0.1) is 6.54 Å².